The van der Waals surface area contributed by atoms with Crippen LogP contribution in [0.3, 0.4) is 0 Å². The Balaban J connectivity index is 1.66. The Labute approximate surface area is 273 Å². The second-order valence-corrected chi connectivity index (χ2v) is 12.0. The SMILES string of the molecule is CCN1CCCC1CNC(=O)c1c(C(c2ccc(OCOC)cc2)c2ccc(OCOC)cc2)c2ccccc2n1CCN(C)C. The number of hydrogen-bond acceptors (Lipinski definition) is 7. The minimum atomic E-state index is -0.238. The topological polar surface area (TPSA) is 77.4 Å². The molecule has 1 unspecified atom stereocenters. The molecule has 1 aliphatic heterocycles. The van der Waals surface area contributed by atoms with Gasteiger partial charge >= 0.3 is 0 Å². The predicted octanol–water partition coefficient (Wildman–Crippen LogP) is 5.56. The minimum Gasteiger partial charge on any atom is -0.468 e. The number of aromatic nitrogens is 1. The molecular weight excluding hydrogens is 580 g/mol. The molecule has 2 heterocycles. The van der Waals surface area contributed by atoms with E-state index < -0.39 is 0 Å². The second-order valence-electron chi connectivity index (χ2n) is 12.0. The molecule has 0 radical (unpaired) electrons. The Morgan fingerprint density at radius 3 is 2.09 bits per heavy atom. The van der Waals surface area contributed by atoms with Crippen molar-refractivity contribution >= 4 is 16.8 Å². The molecule has 0 bridgehead atoms. The zero-order chi connectivity index (χ0) is 32.5. The maximum atomic E-state index is 14.5. The van der Waals surface area contributed by atoms with Crippen LogP contribution in [0.1, 0.15) is 52.9 Å². The van der Waals surface area contributed by atoms with Crippen LogP contribution in [-0.2, 0) is 16.0 Å². The van der Waals surface area contributed by atoms with Crippen LogP contribution in [0, 0.1) is 0 Å². The third kappa shape index (κ3) is 7.73. The number of nitrogens with zero attached hydrogens (tertiary/aromatic N) is 3. The van der Waals surface area contributed by atoms with Gasteiger partial charge in [0.2, 0.25) is 0 Å². The van der Waals surface area contributed by atoms with E-state index in [0.717, 1.165) is 65.1 Å². The third-order valence-electron chi connectivity index (χ3n) is 8.80. The summed E-state index contributed by atoms with van der Waals surface area (Å²) in [7, 11) is 7.34. The number of hydrogen-bond donors (Lipinski definition) is 1. The number of fused-ring (bicyclic) bond motifs is 1. The summed E-state index contributed by atoms with van der Waals surface area (Å²) < 4.78 is 23.9. The Kier molecular flexibility index (Phi) is 11.7. The van der Waals surface area contributed by atoms with Crippen LogP contribution in [0.4, 0.5) is 0 Å². The van der Waals surface area contributed by atoms with Gasteiger partial charge in [0.1, 0.15) is 17.2 Å². The van der Waals surface area contributed by atoms with Crippen molar-refractivity contribution < 1.29 is 23.7 Å². The number of likely N-dealkylation sites (N-methyl/N-ethyl adjacent to an activating group) is 2. The lowest BCUT2D eigenvalue weighted by Crippen LogP contribution is -2.41. The second kappa shape index (κ2) is 16.1. The van der Waals surface area contributed by atoms with Crippen LogP contribution in [-0.4, -0.2) is 94.4 Å². The lowest BCUT2D eigenvalue weighted by Gasteiger charge is -2.24. The van der Waals surface area contributed by atoms with E-state index in [1.165, 1.54) is 6.42 Å². The molecule has 1 amide bonds. The van der Waals surface area contributed by atoms with Crippen molar-refractivity contribution in [3.63, 3.8) is 0 Å². The fraction of sp³-hybridized carbons (Fsp3) is 0.432. The summed E-state index contributed by atoms with van der Waals surface area (Å²) in [5, 5.41) is 4.44. The lowest BCUT2D eigenvalue weighted by atomic mass is 9.83. The molecule has 1 fully saturated rings. The first-order chi connectivity index (χ1) is 22.4. The van der Waals surface area contributed by atoms with Gasteiger partial charge in [-0.2, -0.15) is 0 Å². The Morgan fingerprint density at radius 1 is 0.913 bits per heavy atom. The average molecular weight is 629 g/mol. The van der Waals surface area contributed by atoms with Crippen LogP contribution in [0.25, 0.3) is 10.9 Å². The van der Waals surface area contributed by atoms with Crippen molar-refractivity contribution in [3.05, 3.63) is 95.2 Å². The van der Waals surface area contributed by atoms with E-state index in [9.17, 15) is 4.79 Å². The van der Waals surface area contributed by atoms with Crippen molar-refractivity contribution in [1.82, 2.24) is 19.7 Å². The first kappa shape index (κ1) is 33.5. The first-order valence-corrected chi connectivity index (χ1v) is 16.2. The molecule has 246 valence electrons. The summed E-state index contributed by atoms with van der Waals surface area (Å²) in [4.78, 5) is 19.2. The summed E-state index contributed by atoms with van der Waals surface area (Å²) in [6.07, 6.45) is 2.27. The lowest BCUT2D eigenvalue weighted by molar-refractivity contribution is 0.0509. The number of methoxy groups -OCH3 is 2. The summed E-state index contributed by atoms with van der Waals surface area (Å²) >= 11 is 0. The molecule has 1 atom stereocenters. The van der Waals surface area contributed by atoms with Crippen LogP contribution in [0.2, 0.25) is 0 Å². The molecule has 1 aliphatic rings. The maximum Gasteiger partial charge on any atom is 0.268 e. The number of nitrogens with one attached hydrogen (secondary N) is 1. The van der Waals surface area contributed by atoms with Crippen LogP contribution >= 0.6 is 0 Å². The Morgan fingerprint density at radius 2 is 1.52 bits per heavy atom. The Hall–Kier alpha value is -3.89. The van der Waals surface area contributed by atoms with Gasteiger partial charge < -0.3 is 33.7 Å². The molecule has 1 N–H and O–H groups in total. The van der Waals surface area contributed by atoms with Gasteiger partial charge in [-0.15, -0.1) is 0 Å². The molecule has 5 rings (SSSR count). The van der Waals surface area contributed by atoms with Crippen LogP contribution in [0.15, 0.2) is 72.8 Å². The predicted molar refractivity (Wildman–Crippen MR) is 182 cm³/mol. The number of likely N-dealkylation sites (tertiary alicyclic amines) is 1. The molecule has 3 aromatic carbocycles. The molecule has 46 heavy (non-hydrogen) atoms. The molecule has 9 nitrogen and oxygen atoms in total. The van der Waals surface area contributed by atoms with Gasteiger partial charge in [0.15, 0.2) is 13.6 Å². The quantitative estimate of drug-likeness (QED) is 0.163. The number of amides is 1. The Bertz CT molecular complexity index is 1500. The van der Waals surface area contributed by atoms with Gasteiger partial charge in [0.05, 0.1) is 0 Å². The van der Waals surface area contributed by atoms with E-state index in [0.29, 0.717) is 24.8 Å². The summed E-state index contributed by atoms with van der Waals surface area (Å²) in [6, 6.07) is 24.9. The van der Waals surface area contributed by atoms with E-state index in [1.807, 2.05) is 24.3 Å². The van der Waals surface area contributed by atoms with Gasteiger partial charge in [0.25, 0.3) is 5.91 Å². The van der Waals surface area contributed by atoms with Crippen molar-refractivity contribution in [1.29, 1.82) is 0 Å². The van der Waals surface area contributed by atoms with E-state index in [1.54, 1.807) is 14.2 Å². The smallest absolute Gasteiger partial charge is 0.268 e. The molecule has 4 aromatic rings. The standard InChI is InChI=1S/C37H48N4O5/c1-6-40-21-9-10-29(40)24-38-37(42)36-35(32-11-7-8-12-33(32)41(36)23-22-39(2)3)34(27-13-17-30(18-14-27)45-25-43-4)28-15-19-31(20-16-28)46-26-44-5/h7-8,11-20,29,34H,6,9-10,21-26H2,1-5H3,(H,38,42). The normalized spacial score (nSPS) is 15.2. The highest BCUT2D eigenvalue weighted by Gasteiger charge is 2.31. The zero-order valence-corrected chi connectivity index (χ0v) is 27.8. The number of para-hydroxylation sites is 1. The maximum absolute atomic E-state index is 14.5. The number of rotatable bonds is 16. The van der Waals surface area contributed by atoms with Crippen molar-refractivity contribution in [2.75, 3.05) is 68.1 Å². The molecule has 1 aromatic heterocycles. The molecule has 9 heteroatoms. The van der Waals surface area contributed by atoms with E-state index >= 15 is 0 Å². The van der Waals surface area contributed by atoms with E-state index in [2.05, 4.69) is 89.2 Å². The van der Waals surface area contributed by atoms with E-state index in [-0.39, 0.29) is 25.4 Å². The summed E-state index contributed by atoms with van der Waals surface area (Å²) in [5.74, 6) is 1.16. The van der Waals surface area contributed by atoms with Crippen molar-refractivity contribution in [2.45, 2.75) is 38.3 Å². The average Bonchev–Trinajstić information content (AvgIpc) is 3.68. The van der Waals surface area contributed by atoms with Gasteiger partial charge in [-0.3, -0.25) is 9.69 Å². The molecule has 1 saturated heterocycles. The van der Waals surface area contributed by atoms with Gasteiger partial charge in [-0.05, 0) is 81.5 Å². The molecule has 0 spiro atoms. The van der Waals surface area contributed by atoms with Gasteiger partial charge in [0, 0.05) is 62.3 Å². The summed E-state index contributed by atoms with van der Waals surface area (Å²) in [6.45, 7) is 6.72. The van der Waals surface area contributed by atoms with E-state index in [4.69, 9.17) is 18.9 Å². The summed E-state index contributed by atoms with van der Waals surface area (Å²) in [5.41, 5.74) is 4.83. The van der Waals surface area contributed by atoms with Crippen molar-refractivity contribution in [3.8, 4) is 11.5 Å². The number of benzene rings is 3. The number of carbonyl (C=O) groups excluding carboxylic acids is 1. The van der Waals surface area contributed by atoms with Crippen LogP contribution < -0.4 is 14.8 Å². The van der Waals surface area contributed by atoms with Gasteiger partial charge in [-0.1, -0.05) is 49.4 Å². The number of ether oxygens (including phenoxy) is 4. The van der Waals surface area contributed by atoms with Crippen molar-refractivity contribution in [2.24, 2.45) is 0 Å². The van der Waals surface area contributed by atoms with Crippen LogP contribution in [0.5, 0.6) is 11.5 Å². The van der Waals surface area contributed by atoms with Gasteiger partial charge in [-0.25, -0.2) is 0 Å². The highest BCUT2D eigenvalue weighted by molar-refractivity contribution is 6.03. The highest BCUT2D eigenvalue weighted by atomic mass is 16.7. The largest absolute Gasteiger partial charge is 0.468 e. The monoisotopic (exact) mass is 628 g/mol. The molecule has 0 saturated carbocycles. The molecular formula is C37H48N4O5. The minimum absolute atomic E-state index is 0.0435. The molecule has 0 aliphatic carbocycles. The first-order valence-electron chi connectivity index (χ1n) is 16.2. The number of carbonyl (C=O) groups is 1. The highest BCUT2D eigenvalue weighted by Crippen LogP contribution is 2.41. The zero-order valence-electron chi connectivity index (χ0n) is 27.8. The fourth-order valence-corrected chi connectivity index (χ4v) is 6.53. The fourth-order valence-electron chi connectivity index (χ4n) is 6.53. The third-order valence-corrected chi connectivity index (χ3v) is 8.80.